The maximum absolute atomic E-state index is 10.9. The summed E-state index contributed by atoms with van der Waals surface area (Å²) in [6.45, 7) is 12.2. The lowest BCUT2D eigenvalue weighted by Crippen LogP contribution is -2.40. The molecular formula is C21H27BrO3Si. The zero-order chi connectivity index (χ0) is 19.4. The first-order valence-electron chi connectivity index (χ1n) is 8.72. The molecule has 0 saturated carbocycles. The average molecular weight is 435 g/mol. The maximum Gasteiger partial charge on any atom is 0.192 e. The van der Waals surface area contributed by atoms with Crippen molar-refractivity contribution in [2.24, 2.45) is 0 Å². The second kappa shape index (κ2) is 8.50. The van der Waals surface area contributed by atoms with Crippen molar-refractivity contribution in [1.29, 1.82) is 0 Å². The summed E-state index contributed by atoms with van der Waals surface area (Å²) in [5.41, 5.74) is 2.71. The van der Waals surface area contributed by atoms with Gasteiger partial charge in [-0.15, -0.1) is 0 Å². The Morgan fingerprint density at radius 3 is 2.38 bits per heavy atom. The van der Waals surface area contributed by atoms with Gasteiger partial charge >= 0.3 is 0 Å². The molecule has 3 nitrogen and oxygen atoms in total. The molecule has 0 radical (unpaired) electrons. The number of carbonyl (C=O) groups is 1. The molecule has 2 rings (SSSR count). The Morgan fingerprint density at radius 2 is 1.73 bits per heavy atom. The SMILES string of the molecule is CC(C)(C)[Si](C)(C)OCc1ccc(Br)c(OCc2cccc(C=O)c2)c1. The van der Waals surface area contributed by atoms with E-state index in [1.807, 2.05) is 30.3 Å². The van der Waals surface area contributed by atoms with Crippen molar-refractivity contribution in [2.75, 3.05) is 0 Å². The highest BCUT2D eigenvalue weighted by atomic mass is 79.9. The van der Waals surface area contributed by atoms with Gasteiger partial charge in [0.1, 0.15) is 18.6 Å². The van der Waals surface area contributed by atoms with Gasteiger partial charge in [0.05, 0.1) is 11.1 Å². The van der Waals surface area contributed by atoms with E-state index in [4.69, 9.17) is 9.16 Å². The number of carbonyl (C=O) groups excluding carboxylic acids is 1. The highest BCUT2D eigenvalue weighted by Crippen LogP contribution is 2.37. The van der Waals surface area contributed by atoms with Crippen LogP contribution in [0.4, 0.5) is 0 Å². The maximum atomic E-state index is 10.9. The molecule has 0 spiro atoms. The van der Waals surface area contributed by atoms with Crippen LogP contribution in [0.5, 0.6) is 5.75 Å². The number of ether oxygens (including phenoxy) is 1. The van der Waals surface area contributed by atoms with E-state index in [9.17, 15) is 4.79 Å². The van der Waals surface area contributed by atoms with Gasteiger partial charge in [-0.25, -0.2) is 0 Å². The van der Waals surface area contributed by atoms with Gasteiger partial charge in [0, 0.05) is 5.56 Å². The third-order valence-corrected chi connectivity index (χ3v) is 10.0. The van der Waals surface area contributed by atoms with Crippen LogP contribution in [0.15, 0.2) is 46.9 Å². The second-order valence-corrected chi connectivity index (χ2v) is 13.6. The van der Waals surface area contributed by atoms with E-state index in [1.165, 1.54) is 0 Å². The molecule has 5 heteroatoms. The fourth-order valence-corrected chi connectivity index (χ4v) is 3.47. The Kier molecular flexibility index (Phi) is 6.83. The van der Waals surface area contributed by atoms with Crippen LogP contribution in [-0.4, -0.2) is 14.6 Å². The van der Waals surface area contributed by atoms with Gasteiger partial charge in [-0.2, -0.15) is 0 Å². The fourth-order valence-electron chi connectivity index (χ4n) is 2.15. The van der Waals surface area contributed by atoms with E-state index in [2.05, 4.69) is 55.9 Å². The van der Waals surface area contributed by atoms with Crippen LogP contribution in [0.25, 0.3) is 0 Å². The number of hydrogen-bond acceptors (Lipinski definition) is 3. The predicted molar refractivity (Wildman–Crippen MR) is 112 cm³/mol. The molecule has 0 aliphatic rings. The van der Waals surface area contributed by atoms with Gasteiger partial charge in [-0.05, 0) is 63.4 Å². The average Bonchev–Trinajstić information content (AvgIpc) is 2.59. The molecule has 0 fully saturated rings. The van der Waals surface area contributed by atoms with Crippen molar-refractivity contribution in [1.82, 2.24) is 0 Å². The number of halogens is 1. The lowest BCUT2D eigenvalue weighted by molar-refractivity contribution is 0.112. The Morgan fingerprint density at radius 1 is 1.04 bits per heavy atom. The quantitative estimate of drug-likeness (QED) is 0.375. The number of hydrogen-bond donors (Lipinski definition) is 0. The lowest BCUT2D eigenvalue weighted by atomic mass is 10.1. The van der Waals surface area contributed by atoms with E-state index in [0.717, 1.165) is 27.6 Å². The molecule has 0 bridgehead atoms. The largest absolute Gasteiger partial charge is 0.488 e. The van der Waals surface area contributed by atoms with Crippen LogP contribution in [0.2, 0.25) is 18.1 Å². The summed E-state index contributed by atoms with van der Waals surface area (Å²) in [6, 6.07) is 13.5. The Labute approximate surface area is 166 Å². The van der Waals surface area contributed by atoms with Crippen LogP contribution in [0.3, 0.4) is 0 Å². The molecule has 0 saturated heterocycles. The third kappa shape index (κ3) is 5.53. The summed E-state index contributed by atoms with van der Waals surface area (Å²) < 4.78 is 13.2. The minimum atomic E-state index is -1.79. The fraction of sp³-hybridized carbons (Fsp3) is 0.381. The lowest BCUT2D eigenvalue weighted by Gasteiger charge is -2.36. The molecule has 0 unspecified atom stereocenters. The van der Waals surface area contributed by atoms with Crippen LogP contribution in [0, 0.1) is 0 Å². The van der Waals surface area contributed by atoms with Crippen LogP contribution >= 0.6 is 15.9 Å². The van der Waals surface area contributed by atoms with E-state index < -0.39 is 8.32 Å². The zero-order valence-electron chi connectivity index (χ0n) is 16.1. The molecule has 0 aliphatic carbocycles. The molecule has 0 amide bonds. The molecule has 0 aromatic heterocycles. The van der Waals surface area contributed by atoms with Gasteiger partial charge in [-0.1, -0.05) is 45.0 Å². The van der Waals surface area contributed by atoms with Gasteiger partial charge in [-0.3, -0.25) is 4.79 Å². The number of rotatable bonds is 7. The van der Waals surface area contributed by atoms with Gasteiger partial charge in [0.2, 0.25) is 0 Å². The van der Waals surface area contributed by atoms with Gasteiger partial charge in [0.25, 0.3) is 0 Å². The van der Waals surface area contributed by atoms with Crippen molar-refractivity contribution in [2.45, 2.75) is 52.1 Å². The minimum absolute atomic E-state index is 0.186. The standard InChI is InChI=1S/C21H27BrO3Si/c1-21(2,3)26(4,5)25-15-18-9-10-19(22)20(12-18)24-14-17-8-6-7-16(11-17)13-23/h6-13H,14-15H2,1-5H3. The molecule has 0 aliphatic heterocycles. The molecule has 0 N–H and O–H groups in total. The first-order valence-corrected chi connectivity index (χ1v) is 12.4. The predicted octanol–water partition coefficient (Wildman–Crippen LogP) is 6.36. The van der Waals surface area contributed by atoms with E-state index >= 15 is 0 Å². The van der Waals surface area contributed by atoms with E-state index in [-0.39, 0.29) is 5.04 Å². The van der Waals surface area contributed by atoms with Gasteiger partial charge < -0.3 is 9.16 Å². The molecule has 0 heterocycles. The molecule has 0 atom stereocenters. The van der Waals surface area contributed by atoms with Gasteiger partial charge in [0.15, 0.2) is 8.32 Å². The summed E-state index contributed by atoms with van der Waals surface area (Å²) >= 11 is 3.54. The summed E-state index contributed by atoms with van der Waals surface area (Å²) in [4.78, 5) is 10.9. The molecule has 26 heavy (non-hydrogen) atoms. The van der Waals surface area contributed by atoms with Crippen molar-refractivity contribution < 1.29 is 14.0 Å². The second-order valence-electron chi connectivity index (χ2n) is 7.97. The van der Waals surface area contributed by atoms with Crippen LogP contribution in [-0.2, 0) is 17.6 Å². The first kappa shape index (κ1) is 20.9. The topological polar surface area (TPSA) is 35.5 Å². The zero-order valence-corrected chi connectivity index (χ0v) is 18.7. The Bertz CT molecular complexity index is 766. The Hall–Kier alpha value is -1.43. The smallest absolute Gasteiger partial charge is 0.192 e. The summed E-state index contributed by atoms with van der Waals surface area (Å²) in [7, 11) is -1.79. The highest BCUT2D eigenvalue weighted by molar-refractivity contribution is 9.10. The normalized spacial score (nSPS) is 12.1. The number of benzene rings is 2. The highest BCUT2D eigenvalue weighted by Gasteiger charge is 2.37. The van der Waals surface area contributed by atoms with E-state index in [1.54, 1.807) is 6.07 Å². The van der Waals surface area contributed by atoms with Crippen LogP contribution < -0.4 is 4.74 Å². The van der Waals surface area contributed by atoms with Crippen molar-refractivity contribution >= 4 is 30.5 Å². The monoisotopic (exact) mass is 434 g/mol. The minimum Gasteiger partial charge on any atom is -0.488 e. The van der Waals surface area contributed by atoms with Crippen molar-refractivity contribution in [3.05, 3.63) is 63.6 Å². The Balaban J connectivity index is 2.06. The first-order chi connectivity index (χ1) is 12.1. The molecular weight excluding hydrogens is 408 g/mol. The van der Waals surface area contributed by atoms with Crippen molar-refractivity contribution in [3.63, 3.8) is 0 Å². The van der Waals surface area contributed by atoms with Crippen LogP contribution in [0.1, 0.15) is 42.3 Å². The van der Waals surface area contributed by atoms with E-state index in [0.29, 0.717) is 18.8 Å². The molecule has 140 valence electrons. The summed E-state index contributed by atoms with van der Waals surface area (Å²) in [5, 5.41) is 0.186. The summed E-state index contributed by atoms with van der Waals surface area (Å²) in [5.74, 6) is 0.776. The molecule has 2 aromatic rings. The summed E-state index contributed by atoms with van der Waals surface area (Å²) in [6.07, 6.45) is 0.845. The third-order valence-electron chi connectivity index (χ3n) is 4.88. The molecule has 2 aromatic carbocycles. The van der Waals surface area contributed by atoms with Crippen molar-refractivity contribution in [3.8, 4) is 5.75 Å². The number of aldehydes is 1.